The summed E-state index contributed by atoms with van der Waals surface area (Å²) in [6.07, 6.45) is -0.309. The summed E-state index contributed by atoms with van der Waals surface area (Å²) in [5.41, 5.74) is 4.69. The lowest BCUT2D eigenvalue weighted by atomic mass is 9.97. The lowest BCUT2D eigenvalue weighted by Gasteiger charge is -2.32. The largest absolute Gasteiger partial charge is 0.485 e. The van der Waals surface area contributed by atoms with E-state index in [0.717, 1.165) is 0 Å². The van der Waals surface area contributed by atoms with Gasteiger partial charge in [0.15, 0.2) is 17.3 Å². The van der Waals surface area contributed by atoms with Gasteiger partial charge < -0.3 is 25.7 Å². The molecule has 1 heterocycles. The van der Waals surface area contributed by atoms with Gasteiger partial charge in [-0.25, -0.2) is 0 Å². The number of fused-ring (bicyclic) bond motifs is 1. The zero-order valence-corrected chi connectivity index (χ0v) is 12.0. The normalized spacial score (nSPS) is 20.5. The number of nitrogens with two attached hydrogens (primary N) is 1. The first-order chi connectivity index (χ1) is 10.00. The number of nitrogens with one attached hydrogen (secondary N) is 1. The van der Waals surface area contributed by atoms with E-state index in [1.54, 1.807) is 25.1 Å². The summed E-state index contributed by atoms with van der Waals surface area (Å²) < 4.78 is 11.1. The molecule has 7 heteroatoms. The minimum Gasteiger partial charge on any atom is -0.485 e. The van der Waals surface area contributed by atoms with Gasteiger partial charge in [0.05, 0.1) is 5.54 Å². The summed E-state index contributed by atoms with van der Waals surface area (Å²) in [6, 6.07) is 7.14. The smallest absolute Gasteiger partial charge is 0.265 e. The van der Waals surface area contributed by atoms with Crippen LogP contribution in [0.2, 0.25) is 0 Å². The van der Waals surface area contributed by atoms with Crippen LogP contribution in [0.25, 0.3) is 0 Å². The van der Waals surface area contributed by atoms with Gasteiger partial charge >= 0.3 is 0 Å². The van der Waals surface area contributed by atoms with Crippen molar-refractivity contribution in [1.29, 1.82) is 0 Å². The Labute approximate surface area is 122 Å². The third kappa shape index (κ3) is 3.01. The van der Waals surface area contributed by atoms with E-state index in [2.05, 4.69) is 10.5 Å². The first-order valence-corrected chi connectivity index (χ1v) is 6.68. The van der Waals surface area contributed by atoms with Crippen molar-refractivity contribution in [3.63, 3.8) is 0 Å². The molecule has 1 aromatic carbocycles. The fourth-order valence-electron chi connectivity index (χ4n) is 1.95. The van der Waals surface area contributed by atoms with Crippen LogP contribution in [-0.2, 0) is 4.79 Å². The van der Waals surface area contributed by atoms with Crippen LogP contribution in [0.1, 0.15) is 20.3 Å². The molecule has 0 fully saturated rings. The molecule has 2 rings (SSSR count). The van der Waals surface area contributed by atoms with Gasteiger partial charge in [-0.1, -0.05) is 24.2 Å². The molecule has 1 aromatic rings. The van der Waals surface area contributed by atoms with Gasteiger partial charge in [0, 0.05) is 0 Å². The molecule has 2 atom stereocenters. The molecule has 4 N–H and O–H groups in total. The maximum absolute atomic E-state index is 12.3. The van der Waals surface area contributed by atoms with Crippen LogP contribution in [-0.4, -0.2) is 35.2 Å². The summed E-state index contributed by atoms with van der Waals surface area (Å²) >= 11 is 0. The number of rotatable bonds is 4. The molecule has 0 aliphatic carbocycles. The van der Waals surface area contributed by atoms with Crippen LogP contribution < -0.4 is 20.5 Å². The van der Waals surface area contributed by atoms with E-state index < -0.39 is 11.6 Å². The van der Waals surface area contributed by atoms with Crippen molar-refractivity contribution in [2.45, 2.75) is 31.9 Å². The van der Waals surface area contributed by atoms with E-state index in [-0.39, 0.29) is 18.3 Å². The monoisotopic (exact) mass is 293 g/mol. The number of amidine groups is 1. The second-order valence-corrected chi connectivity index (χ2v) is 5.02. The highest BCUT2D eigenvalue weighted by Gasteiger charge is 2.35. The average molecular weight is 293 g/mol. The Morgan fingerprint density at radius 3 is 2.81 bits per heavy atom. The molecule has 7 nitrogen and oxygen atoms in total. The molecule has 2 unspecified atom stereocenters. The highest BCUT2D eigenvalue weighted by molar-refractivity contribution is 5.94. The highest BCUT2D eigenvalue weighted by atomic mass is 16.6. The molecule has 0 saturated heterocycles. The second-order valence-electron chi connectivity index (χ2n) is 5.02. The molecular formula is C14H19N3O4. The van der Waals surface area contributed by atoms with Crippen molar-refractivity contribution in [2.75, 3.05) is 6.61 Å². The van der Waals surface area contributed by atoms with Crippen LogP contribution in [0, 0.1) is 0 Å². The second kappa shape index (κ2) is 5.90. The summed E-state index contributed by atoms with van der Waals surface area (Å²) in [6.45, 7) is 3.61. The Bertz CT molecular complexity index is 561. The Morgan fingerprint density at radius 2 is 2.19 bits per heavy atom. The zero-order chi connectivity index (χ0) is 15.5. The number of para-hydroxylation sites is 2. The number of carbonyl (C=O) groups excluding carboxylic acids is 1. The van der Waals surface area contributed by atoms with Gasteiger partial charge in [-0.2, -0.15) is 0 Å². The first kappa shape index (κ1) is 15.0. The molecular weight excluding hydrogens is 274 g/mol. The Kier molecular flexibility index (Phi) is 4.21. The predicted octanol–water partition coefficient (Wildman–Crippen LogP) is 0.858. The SMILES string of the molecule is CCC(C)(NC(=O)C1COc2ccccc2O1)/C(N)=N/O. The van der Waals surface area contributed by atoms with Gasteiger partial charge in [-0.3, -0.25) is 4.79 Å². The van der Waals surface area contributed by atoms with Crippen molar-refractivity contribution >= 4 is 11.7 Å². The summed E-state index contributed by atoms with van der Waals surface area (Å²) in [7, 11) is 0. The van der Waals surface area contributed by atoms with Gasteiger partial charge in [-0.15, -0.1) is 0 Å². The third-order valence-electron chi connectivity index (χ3n) is 3.58. The number of oxime groups is 1. The van der Waals surface area contributed by atoms with Crippen molar-refractivity contribution < 1.29 is 19.5 Å². The number of nitrogens with zero attached hydrogens (tertiary/aromatic N) is 1. The minimum atomic E-state index is -0.938. The summed E-state index contributed by atoms with van der Waals surface area (Å²) in [5, 5.41) is 14.5. The molecule has 0 bridgehead atoms. The molecule has 0 radical (unpaired) electrons. The standard InChI is InChI=1S/C14H19N3O4/c1-3-14(2,13(15)17-19)16-12(18)11-8-20-9-6-4-5-7-10(9)21-11/h4-7,11,19H,3,8H2,1-2H3,(H2,15,17)(H,16,18). The van der Waals surface area contributed by atoms with Gasteiger partial charge in [0.25, 0.3) is 5.91 Å². The van der Waals surface area contributed by atoms with Crippen molar-refractivity contribution in [3.8, 4) is 11.5 Å². The Hall–Kier alpha value is -2.44. The van der Waals surface area contributed by atoms with E-state index in [0.29, 0.717) is 17.9 Å². The van der Waals surface area contributed by atoms with Crippen LogP contribution >= 0.6 is 0 Å². The summed E-state index contributed by atoms with van der Waals surface area (Å²) in [5.74, 6) is 0.693. The molecule has 21 heavy (non-hydrogen) atoms. The van der Waals surface area contributed by atoms with E-state index in [1.807, 2.05) is 13.0 Å². The number of hydrogen-bond donors (Lipinski definition) is 3. The van der Waals surface area contributed by atoms with Crippen LogP contribution in [0.15, 0.2) is 29.4 Å². The molecule has 114 valence electrons. The van der Waals surface area contributed by atoms with E-state index >= 15 is 0 Å². The fraction of sp³-hybridized carbons (Fsp3) is 0.429. The molecule has 1 aliphatic rings. The molecule has 1 amide bonds. The van der Waals surface area contributed by atoms with E-state index in [1.165, 1.54) is 0 Å². The van der Waals surface area contributed by atoms with Crippen LogP contribution in [0.3, 0.4) is 0 Å². The number of amides is 1. The fourth-order valence-corrected chi connectivity index (χ4v) is 1.95. The molecule has 0 spiro atoms. The summed E-state index contributed by atoms with van der Waals surface area (Å²) in [4.78, 5) is 12.3. The lowest BCUT2D eigenvalue weighted by molar-refractivity contribution is -0.131. The van der Waals surface area contributed by atoms with Gasteiger partial charge in [-0.05, 0) is 25.5 Å². The van der Waals surface area contributed by atoms with E-state index in [9.17, 15) is 4.79 Å². The molecule has 0 saturated carbocycles. The van der Waals surface area contributed by atoms with Crippen molar-refractivity contribution in [1.82, 2.24) is 5.32 Å². The first-order valence-electron chi connectivity index (χ1n) is 6.68. The molecule has 1 aliphatic heterocycles. The Balaban J connectivity index is 2.08. The number of benzene rings is 1. The lowest BCUT2D eigenvalue weighted by Crippen LogP contribution is -2.59. The maximum Gasteiger partial charge on any atom is 0.265 e. The quantitative estimate of drug-likeness (QED) is 0.330. The minimum absolute atomic E-state index is 0.0597. The van der Waals surface area contributed by atoms with Crippen LogP contribution in [0.4, 0.5) is 0 Å². The van der Waals surface area contributed by atoms with Gasteiger partial charge in [0.2, 0.25) is 6.10 Å². The zero-order valence-electron chi connectivity index (χ0n) is 12.0. The van der Waals surface area contributed by atoms with Crippen LogP contribution in [0.5, 0.6) is 11.5 Å². The van der Waals surface area contributed by atoms with E-state index in [4.69, 9.17) is 20.4 Å². The third-order valence-corrected chi connectivity index (χ3v) is 3.58. The number of carbonyl (C=O) groups is 1. The predicted molar refractivity (Wildman–Crippen MR) is 76.6 cm³/mol. The Morgan fingerprint density at radius 1 is 1.52 bits per heavy atom. The average Bonchev–Trinajstić information content (AvgIpc) is 2.53. The van der Waals surface area contributed by atoms with Crippen molar-refractivity contribution in [3.05, 3.63) is 24.3 Å². The maximum atomic E-state index is 12.3. The topological polar surface area (TPSA) is 106 Å². The molecule has 0 aromatic heterocycles. The van der Waals surface area contributed by atoms with Crippen molar-refractivity contribution in [2.24, 2.45) is 10.9 Å². The highest BCUT2D eigenvalue weighted by Crippen LogP contribution is 2.31. The van der Waals surface area contributed by atoms with Gasteiger partial charge in [0.1, 0.15) is 6.61 Å². The number of hydrogen-bond acceptors (Lipinski definition) is 5. The number of ether oxygens (including phenoxy) is 2.